The van der Waals surface area contributed by atoms with E-state index >= 15 is 0 Å². The van der Waals surface area contributed by atoms with Gasteiger partial charge in [0.1, 0.15) is 0 Å². The molecule has 132 valence electrons. The Bertz CT molecular complexity index is 874. The Hall–Kier alpha value is -1.86. The van der Waals surface area contributed by atoms with Gasteiger partial charge >= 0.3 is 0 Å². The fraction of sp³-hybridized carbons (Fsp3) is 0.348. The van der Waals surface area contributed by atoms with Crippen molar-refractivity contribution >= 4 is 23.3 Å². The Kier molecular flexibility index (Phi) is 5.90. The van der Waals surface area contributed by atoms with E-state index in [1.54, 1.807) is 0 Å². The predicted molar refractivity (Wildman–Crippen MR) is 112 cm³/mol. The molecule has 0 spiro atoms. The maximum Gasteiger partial charge on any atom is 0.0715 e. The van der Waals surface area contributed by atoms with E-state index in [9.17, 15) is 0 Å². The maximum absolute atomic E-state index is 5.01. The highest BCUT2D eigenvalue weighted by atomic mass is 35.5. The highest BCUT2D eigenvalue weighted by molar-refractivity contribution is 5.86. The van der Waals surface area contributed by atoms with Crippen molar-refractivity contribution in [2.24, 2.45) is 0 Å². The van der Waals surface area contributed by atoms with Crippen molar-refractivity contribution in [3.8, 4) is 11.3 Å². The highest BCUT2D eigenvalue weighted by Gasteiger charge is 2.12. The first kappa shape index (κ1) is 19.5. The first-order valence-electron chi connectivity index (χ1n) is 8.88. The van der Waals surface area contributed by atoms with Gasteiger partial charge in [0, 0.05) is 10.9 Å². The number of fused-ring (bicyclic) bond motifs is 1. The SMILES string of the molecule is Cc1cc(C)cc(-c2ccc3c(C(C)C)cc(C(C)C)cc3n2)c1.Cl. The summed E-state index contributed by atoms with van der Waals surface area (Å²) in [6, 6.07) is 15.7. The Balaban J connectivity index is 0.00000225. The molecular weight excluding hydrogens is 326 g/mol. The quantitative estimate of drug-likeness (QED) is 0.485. The summed E-state index contributed by atoms with van der Waals surface area (Å²) in [5, 5.41) is 1.28. The number of hydrogen-bond acceptors (Lipinski definition) is 1. The van der Waals surface area contributed by atoms with E-state index in [0.717, 1.165) is 11.2 Å². The Morgan fingerprint density at radius 3 is 1.96 bits per heavy atom. The van der Waals surface area contributed by atoms with Crippen LogP contribution in [0, 0.1) is 13.8 Å². The van der Waals surface area contributed by atoms with Crippen LogP contribution in [-0.2, 0) is 0 Å². The summed E-state index contributed by atoms with van der Waals surface area (Å²) in [5.74, 6) is 1.01. The van der Waals surface area contributed by atoms with E-state index in [0.29, 0.717) is 11.8 Å². The minimum Gasteiger partial charge on any atom is -0.248 e. The van der Waals surface area contributed by atoms with Crippen LogP contribution in [0.5, 0.6) is 0 Å². The molecule has 0 aliphatic rings. The molecule has 0 aliphatic heterocycles. The minimum atomic E-state index is 0. The number of halogens is 1. The van der Waals surface area contributed by atoms with Gasteiger partial charge in [-0.25, -0.2) is 4.98 Å². The van der Waals surface area contributed by atoms with Gasteiger partial charge < -0.3 is 0 Å². The summed E-state index contributed by atoms with van der Waals surface area (Å²) < 4.78 is 0. The smallest absolute Gasteiger partial charge is 0.0715 e. The fourth-order valence-electron chi connectivity index (χ4n) is 3.38. The third-order valence-electron chi connectivity index (χ3n) is 4.67. The zero-order valence-electron chi connectivity index (χ0n) is 16.1. The molecule has 0 amide bonds. The maximum atomic E-state index is 5.01. The van der Waals surface area contributed by atoms with Crippen LogP contribution in [0.1, 0.15) is 61.8 Å². The lowest BCUT2D eigenvalue weighted by molar-refractivity contribution is 0.841. The van der Waals surface area contributed by atoms with Gasteiger partial charge in [-0.2, -0.15) is 0 Å². The molecule has 3 aromatic rings. The number of aromatic nitrogens is 1. The van der Waals surface area contributed by atoms with Crippen molar-refractivity contribution in [3.05, 3.63) is 64.7 Å². The van der Waals surface area contributed by atoms with Crippen LogP contribution in [0.4, 0.5) is 0 Å². The minimum absolute atomic E-state index is 0. The van der Waals surface area contributed by atoms with Crippen molar-refractivity contribution in [2.45, 2.75) is 53.4 Å². The highest BCUT2D eigenvalue weighted by Crippen LogP contribution is 2.31. The number of benzene rings is 2. The molecule has 0 unspecified atom stereocenters. The summed E-state index contributed by atoms with van der Waals surface area (Å²) in [6.07, 6.45) is 0. The molecule has 25 heavy (non-hydrogen) atoms. The largest absolute Gasteiger partial charge is 0.248 e. The van der Waals surface area contributed by atoms with Gasteiger partial charge in [-0.1, -0.05) is 57.0 Å². The van der Waals surface area contributed by atoms with E-state index in [4.69, 9.17) is 4.98 Å². The van der Waals surface area contributed by atoms with Crippen LogP contribution in [-0.4, -0.2) is 4.98 Å². The average molecular weight is 354 g/mol. The normalized spacial score (nSPS) is 11.2. The summed E-state index contributed by atoms with van der Waals surface area (Å²) >= 11 is 0. The second kappa shape index (κ2) is 7.58. The Morgan fingerprint density at radius 1 is 0.760 bits per heavy atom. The lowest BCUT2D eigenvalue weighted by Crippen LogP contribution is -1.97. The third kappa shape index (κ3) is 4.04. The molecule has 0 bridgehead atoms. The van der Waals surface area contributed by atoms with Gasteiger partial charge in [-0.05, 0) is 61.1 Å². The van der Waals surface area contributed by atoms with E-state index in [-0.39, 0.29) is 12.4 Å². The molecule has 1 aromatic heterocycles. The number of aryl methyl sites for hydroxylation is 2. The molecule has 0 N–H and O–H groups in total. The van der Waals surface area contributed by atoms with Gasteiger partial charge in [-0.15, -0.1) is 12.4 Å². The summed E-state index contributed by atoms with van der Waals surface area (Å²) in [6.45, 7) is 13.3. The molecule has 0 aliphatic carbocycles. The van der Waals surface area contributed by atoms with Crippen molar-refractivity contribution < 1.29 is 0 Å². The van der Waals surface area contributed by atoms with Crippen LogP contribution in [0.25, 0.3) is 22.2 Å². The standard InChI is InChI=1S/C23H27N.ClH/c1-14(2)18-12-21(15(3)4)20-7-8-22(24-23(20)13-18)19-10-16(5)9-17(6)11-19;/h7-15H,1-6H3;1H. The van der Waals surface area contributed by atoms with Crippen LogP contribution < -0.4 is 0 Å². The Morgan fingerprint density at radius 2 is 1.40 bits per heavy atom. The van der Waals surface area contributed by atoms with Gasteiger partial charge in [0.05, 0.1) is 11.2 Å². The van der Waals surface area contributed by atoms with Crippen LogP contribution >= 0.6 is 12.4 Å². The van der Waals surface area contributed by atoms with Gasteiger partial charge in [0.15, 0.2) is 0 Å². The lowest BCUT2D eigenvalue weighted by atomic mass is 9.91. The topological polar surface area (TPSA) is 12.9 Å². The third-order valence-corrected chi connectivity index (χ3v) is 4.67. The van der Waals surface area contributed by atoms with Gasteiger partial charge in [0.25, 0.3) is 0 Å². The number of hydrogen-bond donors (Lipinski definition) is 0. The van der Waals surface area contributed by atoms with E-state index in [2.05, 4.69) is 84.0 Å². The fourth-order valence-corrected chi connectivity index (χ4v) is 3.38. The second-order valence-electron chi connectivity index (χ2n) is 7.56. The van der Waals surface area contributed by atoms with E-state index < -0.39 is 0 Å². The van der Waals surface area contributed by atoms with E-state index in [1.807, 2.05) is 0 Å². The molecule has 0 radical (unpaired) electrons. The molecule has 3 rings (SSSR count). The molecule has 0 atom stereocenters. The van der Waals surface area contributed by atoms with Gasteiger partial charge in [0.2, 0.25) is 0 Å². The Labute approximate surface area is 157 Å². The first-order chi connectivity index (χ1) is 11.3. The van der Waals surface area contributed by atoms with Crippen molar-refractivity contribution in [1.29, 1.82) is 0 Å². The van der Waals surface area contributed by atoms with Crippen LogP contribution in [0.3, 0.4) is 0 Å². The van der Waals surface area contributed by atoms with Crippen molar-refractivity contribution in [1.82, 2.24) is 4.98 Å². The summed E-state index contributed by atoms with van der Waals surface area (Å²) in [4.78, 5) is 5.01. The molecule has 2 aromatic carbocycles. The van der Waals surface area contributed by atoms with Crippen molar-refractivity contribution in [2.75, 3.05) is 0 Å². The van der Waals surface area contributed by atoms with Crippen LogP contribution in [0.15, 0.2) is 42.5 Å². The number of rotatable bonds is 3. The lowest BCUT2D eigenvalue weighted by Gasteiger charge is -2.15. The number of pyridine rings is 1. The van der Waals surface area contributed by atoms with Crippen molar-refractivity contribution in [3.63, 3.8) is 0 Å². The van der Waals surface area contributed by atoms with Gasteiger partial charge in [-0.3, -0.25) is 0 Å². The molecule has 0 saturated heterocycles. The van der Waals surface area contributed by atoms with E-state index in [1.165, 1.54) is 33.2 Å². The molecule has 2 heteroatoms. The molecular formula is C23H28ClN. The number of nitrogens with zero attached hydrogens (tertiary/aromatic N) is 1. The molecule has 1 heterocycles. The zero-order chi connectivity index (χ0) is 17.4. The summed E-state index contributed by atoms with van der Waals surface area (Å²) in [7, 11) is 0. The molecule has 1 nitrogen and oxygen atoms in total. The monoisotopic (exact) mass is 353 g/mol. The molecule has 0 saturated carbocycles. The van der Waals surface area contributed by atoms with Crippen LogP contribution in [0.2, 0.25) is 0 Å². The first-order valence-corrected chi connectivity index (χ1v) is 8.88. The average Bonchev–Trinajstić information content (AvgIpc) is 2.52. The zero-order valence-corrected chi connectivity index (χ0v) is 16.9. The second-order valence-corrected chi connectivity index (χ2v) is 7.56. The summed E-state index contributed by atoms with van der Waals surface area (Å²) in [5.41, 5.74) is 8.71. The molecule has 0 fully saturated rings. The predicted octanol–water partition coefficient (Wildman–Crippen LogP) is 7.19.